The van der Waals surface area contributed by atoms with Crippen LogP contribution in [0.2, 0.25) is 0 Å². The maximum absolute atomic E-state index is 13.4. The Morgan fingerprint density at radius 1 is 1.08 bits per heavy atom. The van der Waals surface area contributed by atoms with Crippen LogP contribution < -0.4 is 0 Å². The van der Waals surface area contributed by atoms with Crippen molar-refractivity contribution in [2.45, 2.75) is 19.0 Å². The van der Waals surface area contributed by atoms with Crippen LogP contribution in [0.5, 0.6) is 0 Å². The van der Waals surface area contributed by atoms with E-state index in [9.17, 15) is 4.79 Å². The maximum Gasteiger partial charge on any atom is 0.246 e. The molecule has 0 spiro atoms. The summed E-state index contributed by atoms with van der Waals surface area (Å²) < 4.78 is 1.98. The topological polar surface area (TPSA) is 41.4 Å². The third-order valence-electron chi connectivity index (χ3n) is 5.31. The smallest absolute Gasteiger partial charge is 0.246 e. The number of fused-ring (bicyclic) bond motifs is 1. The van der Waals surface area contributed by atoms with E-state index in [1.54, 1.807) is 6.33 Å². The molecule has 2 atom stereocenters. The van der Waals surface area contributed by atoms with E-state index in [1.165, 1.54) is 5.56 Å². The zero-order valence-corrected chi connectivity index (χ0v) is 15.2. The maximum atomic E-state index is 13.4. The number of aromatic nitrogens is 2. The number of para-hydroxylation sites is 2. The van der Waals surface area contributed by atoms with Gasteiger partial charge in [-0.15, -0.1) is 0 Å². The van der Waals surface area contributed by atoms with E-state index in [-0.39, 0.29) is 18.0 Å². The minimum absolute atomic E-state index is 0.0830. The summed E-state index contributed by atoms with van der Waals surface area (Å²) in [5.74, 6) is 0.148. The lowest BCUT2D eigenvalue weighted by atomic mass is 10.0. The number of carbonyl (C=O) groups excluding carboxylic acids is 1. The number of nitrogens with zero attached hydrogens (tertiary/aromatic N) is 4. The molecule has 1 amide bonds. The lowest BCUT2D eigenvalue weighted by Gasteiger charge is -2.41. The van der Waals surface area contributed by atoms with Crippen molar-refractivity contribution in [1.82, 2.24) is 19.4 Å². The molecule has 0 unspecified atom stereocenters. The van der Waals surface area contributed by atoms with Crippen LogP contribution in [0.25, 0.3) is 11.0 Å². The van der Waals surface area contributed by atoms with Crippen molar-refractivity contribution in [3.63, 3.8) is 0 Å². The molecule has 0 aliphatic carbocycles. The molecule has 0 saturated carbocycles. The summed E-state index contributed by atoms with van der Waals surface area (Å²) in [5, 5.41) is 0. The van der Waals surface area contributed by atoms with E-state index in [0.29, 0.717) is 0 Å². The first-order chi connectivity index (χ1) is 12.6. The van der Waals surface area contributed by atoms with Crippen LogP contribution >= 0.6 is 0 Å². The third-order valence-corrected chi connectivity index (χ3v) is 5.31. The Labute approximate surface area is 153 Å². The van der Waals surface area contributed by atoms with E-state index < -0.39 is 0 Å². The standard InChI is InChI=1S/C21H24N4O/c1-16(25-15-22-18-10-6-7-11-19(18)25)21(26)24-13-12-23(2)14-20(24)17-8-4-3-5-9-17/h3-11,15-16,20H,12-14H2,1-2H3/t16-,20-/m1/s1. The van der Waals surface area contributed by atoms with Gasteiger partial charge in [0.25, 0.3) is 0 Å². The average molecular weight is 348 g/mol. The molecule has 5 heteroatoms. The van der Waals surface area contributed by atoms with Gasteiger partial charge in [0.2, 0.25) is 5.91 Å². The molecule has 4 rings (SSSR count). The van der Waals surface area contributed by atoms with E-state index in [4.69, 9.17) is 0 Å². The van der Waals surface area contributed by atoms with Gasteiger partial charge < -0.3 is 14.4 Å². The summed E-state index contributed by atoms with van der Waals surface area (Å²) in [5.41, 5.74) is 3.11. The Morgan fingerprint density at radius 2 is 1.81 bits per heavy atom. The SMILES string of the molecule is C[C@H](C(=O)N1CCN(C)C[C@@H]1c1ccccc1)n1cnc2ccccc21. The molecule has 1 fully saturated rings. The molecule has 1 aromatic heterocycles. The molecule has 0 bridgehead atoms. The minimum atomic E-state index is -0.281. The van der Waals surface area contributed by atoms with Gasteiger partial charge in [-0.2, -0.15) is 0 Å². The molecule has 1 saturated heterocycles. The minimum Gasteiger partial charge on any atom is -0.331 e. The van der Waals surface area contributed by atoms with Crippen molar-refractivity contribution >= 4 is 16.9 Å². The van der Waals surface area contributed by atoms with Crippen LogP contribution in [0, 0.1) is 0 Å². The molecule has 1 aliphatic rings. The van der Waals surface area contributed by atoms with Gasteiger partial charge in [0.1, 0.15) is 6.04 Å². The Hall–Kier alpha value is -2.66. The van der Waals surface area contributed by atoms with Gasteiger partial charge in [0.05, 0.1) is 23.4 Å². The van der Waals surface area contributed by atoms with Crippen molar-refractivity contribution in [2.24, 2.45) is 0 Å². The summed E-state index contributed by atoms with van der Waals surface area (Å²) in [6.07, 6.45) is 1.78. The van der Waals surface area contributed by atoms with E-state index >= 15 is 0 Å². The fraction of sp³-hybridized carbons (Fsp3) is 0.333. The number of benzene rings is 2. The summed E-state index contributed by atoms with van der Waals surface area (Å²) in [6, 6.07) is 18.1. The third kappa shape index (κ3) is 2.99. The van der Waals surface area contributed by atoms with Crippen LogP contribution in [-0.4, -0.2) is 51.9 Å². The quantitative estimate of drug-likeness (QED) is 0.730. The number of hydrogen-bond donors (Lipinski definition) is 0. The molecular formula is C21H24N4O. The molecular weight excluding hydrogens is 324 g/mol. The van der Waals surface area contributed by atoms with E-state index in [0.717, 1.165) is 30.7 Å². The van der Waals surface area contributed by atoms with Crippen LogP contribution in [0.3, 0.4) is 0 Å². The highest BCUT2D eigenvalue weighted by Crippen LogP contribution is 2.28. The van der Waals surface area contributed by atoms with Gasteiger partial charge in [-0.05, 0) is 31.7 Å². The van der Waals surface area contributed by atoms with Crippen molar-refractivity contribution in [2.75, 3.05) is 26.7 Å². The number of piperazine rings is 1. The lowest BCUT2D eigenvalue weighted by Crippen LogP contribution is -2.50. The molecule has 0 radical (unpaired) electrons. The van der Waals surface area contributed by atoms with Gasteiger partial charge in [0, 0.05) is 19.6 Å². The highest BCUT2D eigenvalue weighted by molar-refractivity contribution is 5.84. The summed E-state index contributed by atoms with van der Waals surface area (Å²) in [6.45, 7) is 4.46. The number of likely N-dealkylation sites (N-methyl/N-ethyl adjacent to an activating group) is 1. The Kier molecular flexibility index (Phi) is 4.47. The largest absolute Gasteiger partial charge is 0.331 e. The van der Waals surface area contributed by atoms with Crippen LogP contribution in [-0.2, 0) is 4.79 Å². The Balaban J connectivity index is 1.65. The fourth-order valence-electron chi connectivity index (χ4n) is 3.79. The number of hydrogen-bond acceptors (Lipinski definition) is 3. The van der Waals surface area contributed by atoms with Crippen LogP contribution in [0.15, 0.2) is 60.9 Å². The first-order valence-corrected chi connectivity index (χ1v) is 9.10. The summed E-state index contributed by atoms with van der Waals surface area (Å²) in [4.78, 5) is 22.2. The van der Waals surface area contributed by atoms with Crippen molar-refractivity contribution < 1.29 is 4.79 Å². The van der Waals surface area contributed by atoms with Crippen molar-refractivity contribution in [3.05, 3.63) is 66.5 Å². The first kappa shape index (κ1) is 16.8. The lowest BCUT2D eigenvalue weighted by molar-refractivity contribution is -0.139. The van der Waals surface area contributed by atoms with E-state index in [1.807, 2.05) is 58.9 Å². The molecule has 2 heterocycles. The van der Waals surface area contributed by atoms with Gasteiger partial charge in [0.15, 0.2) is 0 Å². The predicted molar refractivity (Wildman–Crippen MR) is 103 cm³/mol. The second-order valence-electron chi connectivity index (χ2n) is 7.04. The van der Waals surface area contributed by atoms with E-state index in [2.05, 4.69) is 29.1 Å². The van der Waals surface area contributed by atoms with Crippen LogP contribution in [0.4, 0.5) is 0 Å². The molecule has 134 valence electrons. The van der Waals surface area contributed by atoms with Gasteiger partial charge in [-0.3, -0.25) is 4.79 Å². The number of imidazole rings is 1. The first-order valence-electron chi connectivity index (χ1n) is 9.10. The van der Waals surface area contributed by atoms with Crippen molar-refractivity contribution in [1.29, 1.82) is 0 Å². The number of amides is 1. The average Bonchev–Trinajstić information content (AvgIpc) is 3.11. The summed E-state index contributed by atoms with van der Waals surface area (Å²) in [7, 11) is 2.12. The zero-order valence-electron chi connectivity index (χ0n) is 15.2. The summed E-state index contributed by atoms with van der Waals surface area (Å²) >= 11 is 0. The van der Waals surface area contributed by atoms with Crippen molar-refractivity contribution in [3.8, 4) is 0 Å². The molecule has 1 aliphatic heterocycles. The number of rotatable bonds is 3. The van der Waals surface area contributed by atoms with Gasteiger partial charge >= 0.3 is 0 Å². The monoisotopic (exact) mass is 348 g/mol. The molecule has 0 N–H and O–H groups in total. The molecule has 5 nitrogen and oxygen atoms in total. The highest BCUT2D eigenvalue weighted by atomic mass is 16.2. The molecule has 26 heavy (non-hydrogen) atoms. The van der Waals surface area contributed by atoms with Gasteiger partial charge in [-0.25, -0.2) is 4.98 Å². The molecule has 2 aromatic carbocycles. The Bertz CT molecular complexity index is 905. The second-order valence-corrected chi connectivity index (χ2v) is 7.04. The normalized spacial score (nSPS) is 19.6. The predicted octanol–water partition coefficient (Wildman–Crippen LogP) is 3.11. The number of carbonyl (C=O) groups is 1. The zero-order chi connectivity index (χ0) is 18.1. The van der Waals surface area contributed by atoms with Gasteiger partial charge in [-0.1, -0.05) is 42.5 Å². The fourth-order valence-corrected chi connectivity index (χ4v) is 3.79. The Morgan fingerprint density at radius 3 is 2.62 bits per heavy atom. The highest BCUT2D eigenvalue weighted by Gasteiger charge is 2.33. The second kappa shape index (κ2) is 6.92. The molecule has 3 aromatic rings. The van der Waals surface area contributed by atoms with Crippen LogP contribution in [0.1, 0.15) is 24.6 Å².